The van der Waals surface area contributed by atoms with Crippen LogP contribution >= 0.6 is 0 Å². The zero-order chi connectivity index (χ0) is 11.5. The molecule has 1 aromatic heterocycles. The van der Waals surface area contributed by atoms with Crippen molar-refractivity contribution < 1.29 is 4.79 Å². The number of rotatable bonds is 2. The highest BCUT2D eigenvalue weighted by Crippen LogP contribution is 2.19. The van der Waals surface area contributed by atoms with E-state index in [0.29, 0.717) is 5.56 Å². The third-order valence-corrected chi connectivity index (χ3v) is 2.46. The van der Waals surface area contributed by atoms with Crippen molar-refractivity contribution in [2.75, 3.05) is 0 Å². The van der Waals surface area contributed by atoms with Crippen molar-refractivity contribution in [1.82, 2.24) is 4.98 Å². The molecule has 0 fully saturated rings. The molecule has 0 aliphatic rings. The predicted molar refractivity (Wildman–Crippen MR) is 62.9 cm³/mol. The maximum Gasteiger partial charge on any atom is 0.248 e. The summed E-state index contributed by atoms with van der Waals surface area (Å²) in [6.45, 7) is 1.86. The number of hydrogen-bond acceptors (Lipinski definition) is 2. The molecule has 1 heterocycles. The number of benzene rings is 1. The number of pyridine rings is 1. The molecule has 16 heavy (non-hydrogen) atoms. The Labute approximate surface area is 93.9 Å². The van der Waals surface area contributed by atoms with E-state index in [0.717, 1.165) is 16.8 Å². The van der Waals surface area contributed by atoms with Gasteiger partial charge in [-0.2, -0.15) is 0 Å². The highest BCUT2D eigenvalue weighted by Gasteiger charge is 2.07. The maximum absolute atomic E-state index is 11.2. The van der Waals surface area contributed by atoms with Crippen molar-refractivity contribution in [3.8, 4) is 11.3 Å². The van der Waals surface area contributed by atoms with Crippen LogP contribution in [0, 0.1) is 6.92 Å². The van der Waals surface area contributed by atoms with Crippen LogP contribution in [0.15, 0.2) is 42.6 Å². The molecule has 3 heteroatoms. The second kappa shape index (κ2) is 4.14. The molecule has 3 nitrogen and oxygen atoms in total. The van der Waals surface area contributed by atoms with E-state index >= 15 is 0 Å². The van der Waals surface area contributed by atoms with Crippen LogP contribution in [-0.4, -0.2) is 10.9 Å². The summed E-state index contributed by atoms with van der Waals surface area (Å²) in [7, 11) is 0. The second-order valence-electron chi connectivity index (χ2n) is 3.61. The largest absolute Gasteiger partial charge is 0.366 e. The minimum absolute atomic E-state index is 0.407. The first-order chi connectivity index (χ1) is 7.68. The van der Waals surface area contributed by atoms with E-state index in [2.05, 4.69) is 4.98 Å². The Hall–Kier alpha value is -2.16. The van der Waals surface area contributed by atoms with E-state index < -0.39 is 5.91 Å². The third kappa shape index (κ3) is 1.93. The number of primary amides is 1. The van der Waals surface area contributed by atoms with E-state index in [9.17, 15) is 4.79 Å². The van der Waals surface area contributed by atoms with Gasteiger partial charge in [0.25, 0.3) is 0 Å². The molecule has 0 spiro atoms. The number of amides is 1. The fraction of sp³-hybridized carbons (Fsp3) is 0.0769. The standard InChI is InChI=1S/C13H12N2O/c1-9-5-6-10(8-11(9)13(14)16)12-4-2-3-7-15-12/h2-8H,1H3,(H2,14,16). The molecular weight excluding hydrogens is 200 g/mol. The van der Waals surface area contributed by atoms with Gasteiger partial charge in [-0.15, -0.1) is 0 Å². The quantitative estimate of drug-likeness (QED) is 0.829. The number of carbonyl (C=O) groups is 1. The van der Waals surface area contributed by atoms with Crippen LogP contribution in [0.25, 0.3) is 11.3 Å². The fourth-order valence-electron chi connectivity index (χ4n) is 1.58. The topological polar surface area (TPSA) is 56.0 Å². The van der Waals surface area contributed by atoms with Gasteiger partial charge in [0.05, 0.1) is 5.69 Å². The molecule has 0 unspecified atom stereocenters. The van der Waals surface area contributed by atoms with Crippen molar-refractivity contribution in [2.24, 2.45) is 5.73 Å². The van der Waals surface area contributed by atoms with Crippen molar-refractivity contribution >= 4 is 5.91 Å². The van der Waals surface area contributed by atoms with Crippen molar-refractivity contribution in [1.29, 1.82) is 0 Å². The molecule has 0 saturated heterocycles. The van der Waals surface area contributed by atoms with Crippen molar-refractivity contribution in [3.63, 3.8) is 0 Å². The first kappa shape index (κ1) is 10.4. The van der Waals surface area contributed by atoms with Crippen LogP contribution in [0.5, 0.6) is 0 Å². The number of nitrogens with two attached hydrogens (primary N) is 1. The van der Waals surface area contributed by atoms with Gasteiger partial charge in [-0.1, -0.05) is 18.2 Å². The number of aromatic nitrogens is 1. The smallest absolute Gasteiger partial charge is 0.248 e. The lowest BCUT2D eigenvalue weighted by atomic mass is 10.0. The normalized spacial score (nSPS) is 10.1. The molecule has 1 aromatic carbocycles. The molecule has 0 radical (unpaired) electrons. The number of nitrogens with zero attached hydrogens (tertiary/aromatic N) is 1. The van der Waals surface area contributed by atoms with E-state index in [4.69, 9.17) is 5.73 Å². The summed E-state index contributed by atoms with van der Waals surface area (Å²) in [6.07, 6.45) is 1.72. The molecule has 80 valence electrons. The lowest BCUT2D eigenvalue weighted by Crippen LogP contribution is -2.12. The van der Waals surface area contributed by atoms with Crippen LogP contribution in [-0.2, 0) is 0 Å². The molecule has 2 N–H and O–H groups in total. The zero-order valence-corrected chi connectivity index (χ0v) is 8.97. The Morgan fingerprint density at radius 1 is 1.25 bits per heavy atom. The van der Waals surface area contributed by atoms with Gasteiger partial charge in [0.2, 0.25) is 5.91 Å². The summed E-state index contributed by atoms with van der Waals surface area (Å²) in [4.78, 5) is 15.4. The number of aryl methyl sites for hydroxylation is 1. The van der Waals surface area contributed by atoms with E-state index in [1.165, 1.54) is 0 Å². The fourth-order valence-corrected chi connectivity index (χ4v) is 1.58. The Balaban J connectivity index is 2.52. The molecule has 2 aromatic rings. The summed E-state index contributed by atoms with van der Waals surface area (Å²) < 4.78 is 0. The van der Waals surface area contributed by atoms with Gasteiger partial charge < -0.3 is 5.73 Å². The summed E-state index contributed by atoms with van der Waals surface area (Å²) in [5.41, 5.74) is 8.47. The number of carbonyl (C=O) groups excluding carboxylic acids is 1. The monoisotopic (exact) mass is 212 g/mol. The molecule has 0 atom stereocenters. The Morgan fingerprint density at radius 2 is 2.06 bits per heavy atom. The molecule has 2 rings (SSSR count). The number of hydrogen-bond donors (Lipinski definition) is 1. The van der Waals surface area contributed by atoms with Crippen LogP contribution < -0.4 is 5.73 Å². The molecule has 0 aliphatic heterocycles. The van der Waals surface area contributed by atoms with Gasteiger partial charge in [0, 0.05) is 17.3 Å². The van der Waals surface area contributed by atoms with E-state index in [1.54, 1.807) is 12.3 Å². The molecule has 0 aliphatic carbocycles. The van der Waals surface area contributed by atoms with Crippen molar-refractivity contribution in [3.05, 3.63) is 53.7 Å². The highest BCUT2D eigenvalue weighted by atomic mass is 16.1. The molecular formula is C13H12N2O. The maximum atomic E-state index is 11.2. The highest BCUT2D eigenvalue weighted by molar-refractivity contribution is 5.95. The Bertz CT molecular complexity index is 521. The summed E-state index contributed by atoms with van der Waals surface area (Å²) >= 11 is 0. The van der Waals surface area contributed by atoms with Crippen LogP contribution in [0.4, 0.5) is 0 Å². The van der Waals surface area contributed by atoms with Gasteiger partial charge in [-0.05, 0) is 30.7 Å². The van der Waals surface area contributed by atoms with Crippen LogP contribution in [0.1, 0.15) is 15.9 Å². The van der Waals surface area contributed by atoms with Gasteiger partial charge in [0.1, 0.15) is 0 Å². The van der Waals surface area contributed by atoms with E-state index in [-0.39, 0.29) is 0 Å². The average Bonchev–Trinajstić information content (AvgIpc) is 2.30. The Morgan fingerprint density at radius 3 is 2.69 bits per heavy atom. The van der Waals surface area contributed by atoms with E-state index in [1.807, 2.05) is 37.3 Å². The second-order valence-corrected chi connectivity index (χ2v) is 3.61. The Kier molecular flexibility index (Phi) is 2.68. The predicted octanol–water partition coefficient (Wildman–Crippen LogP) is 2.16. The lowest BCUT2D eigenvalue weighted by Gasteiger charge is -2.05. The summed E-state index contributed by atoms with van der Waals surface area (Å²) in [5, 5.41) is 0. The lowest BCUT2D eigenvalue weighted by molar-refractivity contribution is 0.1000. The van der Waals surface area contributed by atoms with Crippen LogP contribution in [0.3, 0.4) is 0 Å². The van der Waals surface area contributed by atoms with Gasteiger partial charge >= 0.3 is 0 Å². The van der Waals surface area contributed by atoms with Gasteiger partial charge in [-0.25, -0.2) is 0 Å². The van der Waals surface area contributed by atoms with Crippen molar-refractivity contribution in [2.45, 2.75) is 6.92 Å². The summed E-state index contributed by atoms with van der Waals surface area (Å²) in [5.74, 6) is -0.407. The SMILES string of the molecule is Cc1ccc(-c2ccccn2)cc1C(N)=O. The van der Waals surface area contributed by atoms with Gasteiger partial charge in [0.15, 0.2) is 0 Å². The summed E-state index contributed by atoms with van der Waals surface area (Å²) in [6, 6.07) is 11.3. The zero-order valence-electron chi connectivity index (χ0n) is 8.97. The molecule has 0 saturated carbocycles. The first-order valence-corrected chi connectivity index (χ1v) is 5.00. The third-order valence-electron chi connectivity index (χ3n) is 2.46. The molecule has 1 amide bonds. The van der Waals surface area contributed by atoms with Crippen LogP contribution in [0.2, 0.25) is 0 Å². The minimum Gasteiger partial charge on any atom is -0.366 e. The molecule has 0 bridgehead atoms. The minimum atomic E-state index is -0.407. The van der Waals surface area contributed by atoms with Gasteiger partial charge in [-0.3, -0.25) is 9.78 Å². The first-order valence-electron chi connectivity index (χ1n) is 5.00. The average molecular weight is 212 g/mol.